The molecule has 0 fully saturated rings. The van der Waals surface area contributed by atoms with Crippen LogP contribution in [0.3, 0.4) is 0 Å². The first kappa shape index (κ1) is 27.6. The maximum absolute atomic E-state index is 3.65. The maximum atomic E-state index is 2.88. The van der Waals surface area contributed by atoms with Crippen molar-refractivity contribution in [3.8, 4) is 22.3 Å². The van der Waals surface area contributed by atoms with E-state index in [1.54, 1.807) is 22.3 Å². The van der Waals surface area contributed by atoms with Crippen LogP contribution in [0, 0.1) is 0 Å². The van der Waals surface area contributed by atoms with E-state index in [1.807, 2.05) is 0 Å². The Kier molecular flexibility index (Phi) is 7.17. The Labute approximate surface area is 243 Å². The van der Waals surface area contributed by atoms with E-state index < -0.39 is 23.9 Å². The predicted molar refractivity (Wildman–Crippen MR) is 176 cm³/mol. The Bertz CT molecular complexity index is 1510. The van der Waals surface area contributed by atoms with Crippen molar-refractivity contribution in [2.24, 2.45) is 0 Å². The molecule has 0 bridgehead atoms. The first-order valence-corrected chi connectivity index (χ1v) is 30.2. The van der Waals surface area contributed by atoms with Gasteiger partial charge in [0.1, 0.15) is 0 Å². The third kappa shape index (κ3) is 4.09. The summed E-state index contributed by atoms with van der Waals surface area (Å²) in [6, 6.07) is 36.4. The van der Waals surface area contributed by atoms with Gasteiger partial charge in [-0.1, -0.05) is 0 Å². The van der Waals surface area contributed by atoms with Crippen LogP contribution < -0.4 is 0 Å². The molecule has 2 aliphatic carbocycles. The van der Waals surface area contributed by atoms with Crippen molar-refractivity contribution in [1.29, 1.82) is 0 Å². The van der Waals surface area contributed by atoms with Crippen LogP contribution in [-0.2, 0) is 17.9 Å². The molecule has 0 spiro atoms. The minimum atomic E-state index is -3.65. The van der Waals surface area contributed by atoms with E-state index in [-0.39, 0.29) is 0 Å². The van der Waals surface area contributed by atoms with E-state index in [4.69, 9.17) is 0 Å². The van der Waals surface area contributed by atoms with E-state index in [0.717, 1.165) is 12.8 Å². The van der Waals surface area contributed by atoms with Gasteiger partial charge in [-0.05, 0) is 0 Å². The summed E-state index contributed by atoms with van der Waals surface area (Å²) in [6.07, 6.45) is 7.50. The molecule has 0 nitrogen and oxygen atoms in total. The molecule has 0 amide bonds. The van der Waals surface area contributed by atoms with Gasteiger partial charge in [-0.15, -0.1) is 0 Å². The van der Waals surface area contributed by atoms with Crippen molar-refractivity contribution in [1.82, 2.24) is 0 Å². The molecule has 0 radical (unpaired) electrons. The molecule has 4 aromatic carbocycles. The van der Waals surface area contributed by atoms with Crippen LogP contribution in [0.1, 0.15) is 56.2 Å². The second-order valence-corrected chi connectivity index (χ2v) is 51.1. The zero-order valence-corrected chi connectivity index (χ0v) is 28.7. The summed E-state index contributed by atoms with van der Waals surface area (Å²) in [7, 11) is 0. The van der Waals surface area contributed by atoms with Gasteiger partial charge in [0.2, 0.25) is 0 Å². The number of hydrogen-bond donors (Lipinski definition) is 0. The van der Waals surface area contributed by atoms with Gasteiger partial charge in [0.15, 0.2) is 0 Å². The van der Waals surface area contributed by atoms with Gasteiger partial charge in [0, 0.05) is 0 Å². The molecule has 0 saturated heterocycles. The summed E-state index contributed by atoms with van der Waals surface area (Å²) in [6.45, 7) is 10.2. The summed E-state index contributed by atoms with van der Waals surface area (Å²) in [5, 5.41) is 0. The van der Waals surface area contributed by atoms with Crippen LogP contribution in [0.2, 0.25) is 22.4 Å². The molecule has 2 atom stereocenters. The Morgan fingerprint density at radius 2 is 0.950 bits per heavy atom. The van der Waals surface area contributed by atoms with E-state index in [2.05, 4.69) is 145 Å². The quantitative estimate of drug-likeness (QED) is 0.181. The van der Waals surface area contributed by atoms with Gasteiger partial charge in [-0.25, -0.2) is 0 Å². The fourth-order valence-electron chi connectivity index (χ4n) is 8.26. The SMILES string of the molecule is CCC1=Cc2c(-c3ccccc3)cccc2[CH]1[Zr]([CH3])([CH3])([CH]1C(CC)=Cc2c(-c3ccccc3)cccc21)[SiH](C)C. The molecule has 2 unspecified atom stereocenters. The molecule has 4 aromatic rings. The van der Waals surface area contributed by atoms with Crippen LogP contribution in [0.25, 0.3) is 34.4 Å². The Morgan fingerprint density at radius 3 is 1.30 bits per heavy atom. The average molecular weight is 619 g/mol. The molecular formula is C38H43SiZr. The van der Waals surface area contributed by atoms with Gasteiger partial charge in [0.25, 0.3) is 0 Å². The molecule has 0 N–H and O–H groups in total. The number of rotatable bonds is 7. The number of hydrogen-bond acceptors (Lipinski definition) is 0. The van der Waals surface area contributed by atoms with Gasteiger partial charge in [-0.3, -0.25) is 0 Å². The van der Waals surface area contributed by atoms with Crippen molar-refractivity contribution in [3.63, 3.8) is 0 Å². The molecule has 2 aliphatic rings. The summed E-state index contributed by atoms with van der Waals surface area (Å²) < 4.78 is 6.97. The van der Waals surface area contributed by atoms with Crippen molar-refractivity contribution >= 4 is 18.1 Å². The van der Waals surface area contributed by atoms with E-state index in [0.29, 0.717) is 7.25 Å². The van der Waals surface area contributed by atoms with Gasteiger partial charge in [0.05, 0.1) is 0 Å². The average Bonchev–Trinajstić information content (AvgIpc) is 3.57. The molecule has 40 heavy (non-hydrogen) atoms. The summed E-state index contributed by atoms with van der Waals surface area (Å²) >= 11 is -3.65. The topological polar surface area (TPSA) is 0 Å². The van der Waals surface area contributed by atoms with Crippen LogP contribution in [0.15, 0.2) is 108 Å². The monoisotopic (exact) mass is 617 g/mol. The van der Waals surface area contributed by atoms with Crippen molar-refractivity contribution in [2.75, 3.05) is 0 Å². The zero-order valence-electron chi connectivity index (χ0n) is 25.0. The van der Waals surface area contributed by atoms with Crippen molar-refractivity contribution in [2.45, 2.75) is 56.3 Å². The molecular weight excluding hydrogens is 576 g/mol. The standard InChI is InChI=1S/2C17H15.C2H7Si.2CH3.Zr/c2*1-2-13-11-15-9-6-10-16(17(15)12-13)14-7-4-3-5-8-14;1-3-2;;;/h2*3-12H,2H2,1H3;3H,1-2H3;2*1H3;. The summed E-state index contributed by atoms with van der Waals surface area (Å²) in [5.41, 5.74) is 15.1. The summed E-state index contributed by atoms with van der Waals surface area (Å²) in [5.74, 6) is -1.10. The minimum absolute atomic E-state index is 0.600. The third-order valence-electron chi connectivity index (χ3n) is 10.9. The second-order valence-electron chi connectivity index (χ2n) is 13.2. The number of allylic oxidation sites excluding steroid dienone is 2. The Hall–Kier alpha value is -2.54. The number of fused-ring (bicyclic) bond motifs is 2. The van der Waals surface area contributed by atoms with Crippen LogP contribution >= 0.6 is 0 Å². The van der Waals surface area contributed by atoms with Crippen molar-refractivity contribution in [3.05, 3.63) is 130 Å². The molecule has 203 valence electrons. The van der Waals surface area contributed by atoms with Crippen molar-refractivity contribution < 1.29 is 17.9 Å². The first-order chi connectivity index (χ1) is 19.3. The zero-order chi connectivity index (χ0) is 28.1. The molecule has 0 aromatic heterocycles. The Morgan fingerprint density at radius 1 is 0.550 bits per heavy atom. The Balaban J connectivity index is 1.59. The second kappa shape index (κ2) is 10.4. The van der Waals surface area contributed by atoms with E-state index in [9.17, 15) is 0 Å². The normalized spacial score (nSPS) is 19.0. The van der Waals surface area contributed by atoms with Gasteiger partial charge < -0.3 is 0 Å². The van der Waals surface area contributed by atoms with Gasteiger partial charge >= 0.3 is 245 Å². The fourth-order valence-corrected chi connectivity index (χ4v) is 38.1. The van der Waals surface area contributed by atoms with Crippen LogP contribution in [0.4, 0.5) is 0 Å². The number of benzene rings is 4. The summed E-state index contributed by atoms with van der Waals surface area (Å²) in [4.78, 5) is 0. The molecule has 6 rings (SSSR count). The third-order valence-corrected chi connectivity index (χ3v) is 57.7. The van der Waals surface area contributed by atoms with Crippen LogP contribution in [0.5, 0.6) is 0 Å². The fraction of sp³-hybridized carbons (Fsp3) is 0.263. The molecule has 0 saturated carbocycles. The van der Waals surface area contributed by atoms with E-state index in [1.165, 1.54) is 33.4 Å². The molecule has 0 heterocycles. The van der Waals surface area contributed by atoms with E-state index >= 15 is 0 Å². The molecule has 0 aliphatic heterocycles. The predicted octanol–water partition coefficient (Wildman–Crippen LogP) is 11.2. The van der Waals surface area contributed by atoms with Gasteiger partial charge in [-0.2, -0.15) is 0 Å². The molecule has 2 heteroatoms. The first-order valence-electron chi connectivity index (χ1n) is 15.3. The van der Waals surface area contributed by atoms with Crippen LogP contribution in [-0.4, -0.2) is 5.92 Å².